The van der Waals surface area contributed by atoms with E-state index < -0.39 is 0 Å². The number of benzene rings is 2. The summed E-state index contributed by atoms with van der Waals surface area (Å²) in [6, 6.07) is 12.1. The predicted octanol–water partition coefficient (Wildman–Crippen LogP) is 5.20. The number of carbonyl (C=O) groups excluding carboxylic acids is 1. The molecule has 124 valence electrons. The lowest BCUT2D eigenvalue weighted by molar-refractivity contribution is -0.113. The molecule has 0 radical (unpaired) electrons. The number of ether oxygens (including phenoxy) is 1. The molecule has 0 saturated heterocycles. The second-order valence-electron chi connectivity index (χ2n) is 5.54. The summed E-state index contributed by atoms with van der Waals surface area (Å²) in [5.74, 6) is 0.872. The van der Waals surface area contributed by atoms with Crippen LogP contribution in [0.2, 0.25) is 0 Å². The summed E-state index contributed by atoms with van der Waals surface area (Å²) in [7, 11) is 1.67. The number of nitrogens with zero attached hydrogens (tertiary/aromatic N) is 1. The molecule has 0 saturated carbocycles. The molecular weight excluding hydrogens is 528 g/mol. The Morgan fingerprint density at radius 2 is 1.96 bits per heavy atom. The standard InChI is InChI=1S/C19H17I2NO2/c1-3-8-22-17-7-5-4-6-14(17)15(19(22)23)10-12-9-13(20)11-16(21)18(12)24-2/h4-7,9-11H,3,8H2,1-2H3/b15-10-. The number of fused-ring (bicyclic) bond motifs is 1. The quantitative estimate of drug-likeness (QED) is 0.391. The van der Waals surface area contributed by atoms with Crippen LogP contribution in [0.5, 0.6) is 5.75 Å². The summed E-state index contributed by atoms with van der Waals surface area (Å²) >= 11 is 4.55. The molecule has 1 aliphatic rings. The van der Waals surface area contributed by atoms with E-state index in [4.69, 9.17) is 4.74 Å². The van der Waals surface area contributed by atoms with Gasteiger partial charge in [-0.25, -0.2) is 0 Å². The number of halogens is 2. The lowest BCUT2D eigenvalue weighted by Gasteiger charge is -2.15. The van der Waals surface area contributed by atoms with Crippen molar-refractivity contribution in [3.05, 3.63) is 54.7 Å². The van der Waals surface area contributed by atoms with E-state index in [2.05, 4.69) is 58.2 Å². The van der Waals surface area contributed by atoms with Gasteiger partial charge in [-0.1, -0.05) is 25.1 Å². The first kappa shape index (κ1) is 17.7. The number of hydrogen-bond donors (Lipinski definition) is 0. The van der Waals surface area contributed by atoms with Crippen molar-refractivity contribution in [3.8, 4) is 5.75 Å². The van der Waals surface area contributed by atoms with Crippen LogP contribution >= 0.6 is 45.2 Å². The van der Waals surface area contributed by atoms with E-state index in [0.717, 1.165) is 48.2 Å². The summed E-state index contributed by atoms with van der Waals surface area (Å²) in [4.78, 5) is 14.8. The highest BCUT2D eigenvalue weighted by Gasteiger charge is 2.31. The van der Waals surface area contributed by atoms with E-state index in [-0.39, 0.29) is 5.91 Å². The minimum atomic E-state index is 0.0639. The SMILES string of the molecule is CCCN1C(=O)/C(=C\c2cc(I)cc(I)c2OC)c2ccccc21. The van der Waals surface area contributed by atoms with E-state index in [1.165, 1.54) is 0 Å². The van der Waals surface area contributed by atoms with E-state index in [1.807, 2.05) is 41.3 Å². The van der Waals surface area contributed by atoms with Crippen molar-refractivity contribution in [1.82, 2.24) is 0 Å². The van der Waals surface area contributed by atoms with Crippen LogP contribution in [0.25, 0.3) is 11.6 Å². The largest absolute Gasteiger partial charge is 0.495 e. The Morgan fingerprint density at radius 1 is 1.21 bits per heavy atom. The summed E-state index contributed by atoms with van der Waals surface area (Å²) < 4.78 is 7.72. The molecule has 2 aromatic carbocycles. The van der Waals surface area contributed by atoms with Crippen LogP contribution in [0, 0.1) is 7.14 Å². The van der Waals surface area contributed by atoms with Crippen LogP contribution in [-0.2, 0) is 4.79 Å². The minimum Gasteiger partial charge on any atom is -0.495 e. The molecule has 3 nitrogen and oxygen atoms in total. The first-order chi connectivity index (χ1) is 11.6. The van der Waals surface area contributed by atoms with Crippen molar-refractivity contribution < 1.29 is 9.53 Å². The van der Waals surface area contributed by atoms with Gasteiger partial charge in [-0.05, 0) is 75.9 Å². The average molecular weight is 545 g/mol. The Bertz CT molecular complexity index is 830. The molecule has 0 spiro atoms. The van der Waals surface area contributed by atoms with Gasteiger partial charge in [0.05, 0.1) is 16.4 Å². The normalized spacial score (nSPS) is 15.1. The highest BCUT2D eigenvalue weighted by Crippen LogP contribution is 2.39. The topological polar surface area (TPSA) is 29.5 Å². The fourth-order valence-electron chi connectivity index (χ4n) is 2.95. The Hall–Kier alpha value is -1.09. The number of hydrogen-bond acceptors (Lipinski definition) is 2. The maximum absolute atomic E-state index is 12.9. The van der Waals surface area contributed by atoms with E-state index in [1.54, 1.807) is 7.11 Å². The molecule has 0 bridgehead atoms. The molecule has 5 heteroatoms. The third-order valence-corrected chi connectivity index (χ3v) is 5.37. The summed E-state index contributed by atoms with van der Waals surface area (Å²) in [5.41, 5.74) is 3.65. The van der Waals surface area contributed by atoms with Gasteiger partial charge in [-0.3, -0.25) is 4.79 Å². The molecule has 0 aliphatic carbocycles. The second-order valence-corrected chi connectivity index (χ2v) is 7.95. The average Bonchev–Trinajstić information content (AvgIpc) is 2.81. The molecule has 0 aromatic heterocycles. The first-order valence-corrected chi connectivity index (χ1v) is 9.88. The molecule has 3 rings (SSSR count). The number of anilines is 1. The van der Waals surface area contributed by atoms with Gasteiger partial charge in [0, 0.05) is 26.8 Å². The Morgan fingerprint density at radius 3 is 2.67 bits per heavy atom. The van der Waals surface area contributed by atoms with Gasteiger partial charge in [0.1, 0.15) is 5.75 Å². The number of methoxy groups -OCH3 is 1. The highest BCUT2D eigenvalue weighted by atomic mass is 127. The number of amides is 1. The first-order valence-electron chi connectivity index (χ1n) is 7.72. The molecule has 1 heterocycles. The molecule has 2 aromatic rings. The summed E-state index contributed by atoms with van der Waals surface area (Å²) in [6.45, 7) is 2.82. The van der Waals surface area contributed by atoms with Gasteiger partial charge in [-0.2, -0.15) is 0 Å². The van der Waals surface area contributed by atoms with Crippen molar-refractivity contribution in [2.45, 2.75) is 13.3 Å². The number of para-hydroxylation sites is 1. The van der Waals surface area contributed by atoms with E-state index >= 15 is 0 Å². The molecule has 0 N–H and O–H groups in total. The zero-order valence-electron chi connectivity index (χ0n) is 13.5. The fraction of sp³-hybridized carbons (Fsp3) is 0.211. The Labute approximate surface area is 169 Å². The molecule has 1 aliphatic heterocycles. The molecule has 0 atom stereocenters. The summed E-state index contributed by atoms with van der Waals surface area (Å²) in [6.07, 6.45) is 2.89. The van der Waals surface area contributed by atoms with Crippen LogP contribution in [0.4, 0.5) is 5.69 Å². The van der Waals surface area contributed by atoms with Crippen molar-refractivity contribution >= 4 is 68.4 Å². The molecular formula is C19H17I2NO2. The Kier molecular flexibility index (Phi) is 5.49. The van der Waals surface area contributed by atoms with E-state index in [0.29, 0.717) is 0 Å². The molecule has 0 unspecified atom stereocenters. The van der Waals surface area contributed by atoms with Crippen molar-refractivity contribution in [2.24, 2.45) is 0 Å². The molecule has 1 amide bonds. The van der Waals surface area contributed by atoms with Gasteiger partial charge in [0.25, 0.3) is 5.91 Å². The molecule has 0 fully saturated rings. The lowest BCUT2D eigenvalue weighted by Crippen LogP contribution is -2.26. The maximum atomic E-state index is 12.9. The third-order valence-electron chi connectivity index (χ3n) is 3.95. The second kappa shape index (κ2) is 7.43. The van der Waals surface area contributed by atoms with Gasteiger partial charge < -0.3 is 9.64 Å². The van der Waals surface area contributed by atoms with Gasteiger partial charge >= 0.3 is 0 Å². The van der Waals surface area contributed by atoms with Crippen molar-refractivity contribution in [2.75, 3.05) is 18.6 Å². The van der Waals surface area contributed by atoms with Crippen LogP contribution in [0.1, 0.15) is 24.5 Å². The zero-order chi connectivity index (χ0) is 17.3. The van der Waals surface area contributed by atoms with Gasteiger partial charge in [0.2, 0.25) is 0 Å². The van der Waals surface area contributed by atoms with Crippen LogP contribution in [-0.4, -0.2) is 19.6 Å². The van der Waals surface area contributed by atoms with Crippen molar-refractivity contribution in [1.29, 1.82) is 0 Å². The predicted molar refractivity (Wildman–Crippen MR) is 115 cm³/mol. The van der Waals surface area contributed by atoms with Crippen molar-refractivity contribution in [3.63, 3.8) is 0 Å². The van der Waals surface area contributed by atoms with Crippen LogP contribution in [0.3, 0.4) is 0 Å². The third kappa shape index (κ3) is 3.20. The smallest absolute Gasteiger partial charge is 0.258 e. The Balaban J connectivity index is 2.16. The lowest BCUT2D eigenvalue weighted by atomic mass is 10.0. The van der Waals surface area contributed by atoms with Gasteiger partial charge in [-0.15, -0.1) is 0 Å². The highest BCUT2D eigenvalue weighted by molar-refractivity contribution is 14.1. The van der Waals surface area contributed by atoms with Crippen LogP contribution < -0.4 is 9.64 Å². The number of rotatable bonds is 4. The maximum Gasteiger partial charge on any atom is 0.258 e. The summed E-state index contributed by atoms with van der Waals surface area (Å²) in [5, 5.41) is 0. The van der Waals surface area contributed by atoms with E-state index in [9.17, 15) is 4.79 Å². The zero-order valence-corrected chi connectivity index (χ0v) is 17.8. The number of carbonyl (C=O) groups is 1. The van der Waals surface area contributed by atoms with Crippen LogP contribution in [0.15, 0.2) is 36.4 Å². The monoisotopic (exact) mass is 545 g/mol. The minimum absolute atomic E-state index is 0.0639. The fourth-order valence-corrected chi connectivity index (χ4v) is 5.06. The molecule has 24 heavy (non-hydrogen) atoms. The van der Waals surface area contributed by atoms with Gasteiger partial charge in [0.15, 0.2) is 0 Å².